The zero-order valence-corrected chi connectivity index (χ0v) is 44.2. The van der Waals surface area contributed by atoms with E-state index in [9.17, 15) is 19.8 Å². The summed E-state index contributed by atoms with van der Waals surface area (Å²) in [6, 6.07) is -0.587. The summed E-state index contributed by atoms with van der Waals surface area (Å²) in [5.41, 5.74) is 0. The second kappa shape index (κ2) is 55.7. The number of carbonyl (C=O) groups is 2. The Bertz CT molecular complexity index is 1070. The van der Waals surface area contributed by atoms with Gasteiger partial charge in [-0.3, -0.25) is 9.59 Å². The van der Waals surface area contributed by atoms with Crippen molar-refractivity contribution >= 4 is 11.9 Å². The summed E-state index contributed by atoms with van der Waals surface area (Å²) >= 11 is 0. The number of amides is 1. The van der Waals surface area contributed by atoms with Crippen LogP contribution in [0.3, 0.4) is 0 Å². The highest BCUT2D eigenvalue weighted by Gasteiger charge is 2.19. The summed E-state index contributed by atoms with van der Waals surface area (Å²) in [4.78, 5) is 24.4. The van der Waals surface area contributed by atoms with Gasteiger partial charge in [0, 0.05) is 12.8 Å². The van der Waals surface area contributed by atoms with Crippen LogP contribution in [0.15, 0.2) is 36.5 Å². The number of carbonyl (C=O) groups excluding carboxylic acids is 2. The van der Waals surface area contributed by atoms with E-state index in [1.165, 1.54) is 218 Å². The van der Waals surface area contributed by atoms with Gasteiger partial charge in [0.15, 0.2) is 0 Å². The average Bonchev–Trinajstić information content (AvgIpc) is 3.32. The molecule has 0 aromatic heterocycles. The summed E-state index contributed by atoms with van der Waals surface area (Å²) in [6.45, 7) is 4.86. The van der Waals surface area contributed by atoms with Gasteiger partial charge in [-0.25, -0.2) is 0 Å². The van der Waals surface area contributed by atoms with Gasteiger partial charge in [-0.05, 0) is 64.2 Å². The number of esters is 1. The molecule has 0 fully saturated rings. The Kier molecular flexibility index (Phi) is 54.1. The van der Waals surface area contributed by atoms with E-state index in [0.29, 0.717) is 32.3 Å². The van der Waals surface area contributed by atoms with Crippen LogP contribution in [0.1, 0.15) is 309 Å². The third-order valence-electron chi connectivity index (χ3n) is 13.4. The molecule has 6 heteroatoms. The van der Waals surface area contributed by atoms with Crippen LogP contribution in [0.4, 0.5) is 0 Å². The second-order valence-electron chi connectivity index (χ2n) is 20.0. The van der Waals surface area contributed by atoms with Crippen molar-refractivity contribution in [2.75, 3.05) is 13.2 Å². The van der Waals surface area contributed by atoms with Gasteiger partial charge in [0.1, 0.15) is 0 Å². The van der Waals surface area contributed by atoms with Crippen molar-refractivity contribution in [2.45, 2.75) is 321 Å². The second-order valence-corrected chi connectivity index (χ2v) is 20.0. The Morgan fingerprint density at radius 3 is 1.24 bits per heavy atom. The van der Waals surface area contributed by atoms with Crippen molar-refractivity contribution in [2.24, 2.45) is 0 Å². The van der Waals surface area contributed by atoms with Crippen LogP contribution in [0.2, 0.25) is 0 Å². The van der Waals surface area contributed by atoms with Crippen LogP contribution in [0.5, 0.6) is 0 Å². The molecule has 0 aliphatic rings. The van der Waals surface area contributed by atoms with Crippen LogP contribution in [0.25, 0.3) is 0 Å². The minimum Gasteiger partial charge on any atom is -0.466 e. The first-order valence-electron chi connectivity index (χ1n) is 29.2. The van der Waals surface area contributed by atoms with Crippen molar-refractivity contribution in [1.82, 2.24) is 5.32 Å². The lowest BCUT2D eigenvalue weighted by Crippen LogP contribution is -2.45. The number of unbranched alkanes of at least 4 members (excludes halogenated alkanes) is 37. The number of rotatable bonds is 54. The number of aliphatic hydroxyl groups excluding tert-OH is 2. The highest BCUT2D eigenvalue weighted by Crippen LogP contribution is 2.17. The first-order valence-corrected chi connectivity index (χ1v) is 29.2. The number of ether oxygens (including phenoxy) is 1. The number of aliphatic hydroxyl groups is 2. The van der Waals surface area contributed by atoms with E-state index in [1.807, 2.05) is 6.08 Å². The normalized spacial score (nSPS) is 12.8. The van der Waals surface area contributed by atoms with Gasteiger partial charge < -0.3 is 20.3 Å². The number of hydrogen-bond acceptors (Lipinski definition) is 5. The standard InChI is InChI=1S/C60H113NO5/c1-3-5-7-9-11-13-15-16-17-18-19-20-21-22-23-24-25-26-27-29-33-36-40-44-48-52-58(63)57(56-62)61-59(64)53-49-45-41-37-34-30-28-31-35-39-43-47-51-55-66-60(65)54-50-46-42-38-32-14-12-10-8-6-4-2/h10,12,30,34,41,45,57-58,62-63H,3-9,11,13-29,31-33,35-40,42-44,46-56H2,1-2H3,(H,61,64)/b12-10-,34-30-,45-41-. The molecule has 0 heterocycles. The summed E-state index contributed by atoms with van der Waals surface area (Å²) in [7, 11) is 0. The SMILES string of the molecule is CCCC/C=C\CCCCCCCC(=O)OCCCCCCCC/C=C\C/C=C\CCC(=O)NC(CO)C(O)CCCCCCCCCCCCCCCCCCCCCCCCCCC. The molecule has 0 saturated heterocycles. The van der Waals surface area contributed by atoms with Crippen LogP contribution < -0.4 is 5.32 Å². The molecule has 388 valence electrons. The van der Waals surface area contributed by atoms with Crippen molar-refractivity contribution in [3.8, 4) is 0 Å². The minimum atomic E-state index is -0.701. The predicted octanol–water partition coefficient (Wildman–Crippen LogP) is 18.0. The first kappa shape index (κ1) is 64.1. The van der Waals surface area contributed by atoms with E-state index < -0.39 is 12.1 Å². The maximum absolute atomic E-state index is 12.5. The molecule has 0 spiro atoms. The molecule has 0 aliphatic heterocycles. The monoisotopic (exact) mass is 928 g/mol. The molecule has 0 aliphatic carbocycles. The van der Waals surface area contributed by atoms with Gasteiger partial charge in [-0.1, -0.05) is 269 Å². The minimum absolute atomic E-state index is 0.0277. The molecule has 0 saturated carbocycles. The van der Waals surface area contributed by atoms with Gasteiger partial charge >= 0.3 is 5.97 Å². The fourth-order valence-corrected chi connectivity index (χ4v) is 8.91. The van der Waals surface area contributed by atoms with Gasteiger partial charge in [-0.15, -0.1) is 0 Å². The van der Waals surface area contributed by atoms with Crippen LogP contribution in [-0.2, 0) is 14.3 Å². The van der Waals surface area contributed by atoms with Crippen LogP contribution in [-0.4, -0.2) is 47.4 Å². The Balaban J connectivity index is 3.53. The summed E-state index contributed by atoms with van der Waals surface area (Å²) < 4.78 is 5.43. The van der Waals surface area contributed by atoms with Crippen molar-refractivity contribution in [1.29, 1.82) is 0 Å². The van der Waals surface area contributed by atoms with Gasteiger partial charge in [0.05, 0.1) is 25.4 Å². The summed E-state index contributed by atoms with van der Waals surface area (Å²) in [5.74, 6) is -0.141. The van der Waals surface area contributed by atoms with Crippen LogP contribution >= 0.6 is 0 Å². The molecule has 0 radical (unpaired) electrons. The molecule has 3 N–H and O–H groups in total. The molecule has 6 nitrogen and oxygen atoms in total. The van der Waals surface area contributed by atoms with Crippen molar-refractivity contribution in [3.63, 3.8) is 0 Å². The lowest BCUT2D eigenvalue weighted by atomic mass is 10.0. The van der Waals surface area contributed by atoms with Gasteiger partial charge in [-0.2, -0.15) is 0 Å². The largest absolute Gasteiger partial charge is 0.466 e. The first-order chi connectivity index (χ1) is 32.5. The Morgan fingerprint density at radius 2 is 0.788 bits per heavy atom. The number of hydrogen-bond donors (Lipinski definition) is 3. The van der Waals surface area contributed by atoms with Gasteiger partial charge in [0.2, 0.25) is 5.91 Å². The topological polar surface area (TPSA) is 95.9 Å². The lowest BCUT2D eigenvalue weighted by molar-refractivity contribution is -0.143. The fraction of sp³-hybridized carbons (Fsp3) is 0.867. The Morgan fingerprint density at radius 1 is 0.424 bits per heavy atom. The number of nitrogens with one attached hydrogen (secondary N) is 1. The molecule has 2 unspecified atom stereocenters. The smallest absolute Gasteiger partial charge is 0.305 e. The molecule has 0 rings (SSSR count). The van der Waals surface area contributed by atoms with E-state index in [2.05, 4.69) is 49.5 Å². The van der Waals surface area contributed by atoms with Crippen LogP contribution in [0, 0.1) is 0 Å². The maximum Gasteiger partial charge on any atom is 0.305 e. The van der Waals surface area contributed by atoms with E-state index >= 15 is 0 Å². The highest BCUT2D eigenvalue weighted by molar-refractivity contribution is 5.76. The lowest BCUT2D eigenvalue weighted by Gasteiger charge is -2.22. The molecule has 0 aromatic carbocycles. The summed E-state index contributed by atoms with van der Waals surface area (Å²) in [6.07, 6.45) is 68.7. The zero-order chi connectivity index (χ0) is 47.9. The fourth-order valence-electron chi connectivity index (χ4n) is 8.91. The van der Waals surface area contributed by atoms with E-state index in [4.69, 9.17) is 4.74 Å². The van der Waals surface area contributed by atoms with E-state index in [1.54, 1.807) is 0 Å². The molecular formula is C60H113NO5. The highest BCUT2D eigenvalue weighted by atomic mass is 16.5. The Labute approximate surface area is 411 Å². The average molecular weight is 929 g/mol. The zero-order valence-electron chi connectivity index (χ0n) is 44.2. The molecule has 1 amide bonds. The third kappa shape index (κ3) is 51.5. The quantitative estimate of drug-likeness (QED) is 0.0321. The van der Waals surface area contributed by atoms with E-state index in [-0.39, 0.29) is 18.5 Å². The van der Waals surface area contributed by atoms with Crippen molar-refractivity contribution in [3.05, 3.63) is 36.5 Å². The number of allylic oxidation sites excluding steroid dienone is 6. The molecule has 0 bridgehead atoms. The molecule has 2 atom stereocenters. The molecular weight excluding hydrogens is 815 g/mol. The predicted molar refractivity (Wildman–Crippen MR) is 287 cm³/mol. The third-order valence-corrected chi connectivity index (χ3v) is 13.4. The van der Waals surface area contributed by atoms with Crippen molar-refractivity contribution < 1.29 is 24.5 Å². The van der Waals surface area contributed by atoms with Gasteiger partial charge in [0.25, 0.3) is 0 Å². The van der Waals surface area contributed by atoms with E-state index in [0.717, 1.165) is 51.4 Å². The molecule has 66 heavy (non-hydrogen) atoms. The Hall–Kier alpha value is -1.92. The maximum atomic E-state index is 12.5. The summed E-state index contributed by atoms with van der Waals surface area (Å²) in [5, 5.41) is 23.3. The molecule has 0 aromatic rings.